The number of rotatable bonds is 3. The number of aromatic amines is 1. The van der Waals surface area contributed by atoms with Crippen LogP contribution in [0.2, 0.25) is 0 Å². The minimum Gasteiger partial charge on any atom is -0.469 e. The van der Waals surface area contributed by atoms with Crippen molar-refractivity contribution in [2.45, 2.75) is 38.0 Å². The molecular formula is C10H15N3O2. The fraction of sp³-hybridized carbons (Fsp3) is 0.700. The average Bonchev–Trinajstić information content (AvgIpc) is 2.85. The molecule has 1 fully saturated rings. The number of ether oxygens (including phenoxy) is 1. The molecule has 1 heterocycles. The number of hydrogen-bond donors (Lipinski definition) is 1. The lowest BCUT2D eigenvalue weighted by Gasteiger charge is -2.00. The molecule has 0 bridgehead atoms. The van der Waals surface area contributed by atoms with Crippen LogP contribution in [0.1, 0.15) is 43.3 Å². The van der Waals surface area contributed by atoms with E-state index in [1.54, 1.807) is 0 Å². The molecule has 82 valence electrons. The highest BCUT2D eigenvalue weighted by atomic mass is 16.5. The average molecular weight is 209 g/mol. The lowest BCUT2D eigenvalue weighted by molar-refractivity contribution is -0.139. The zero-order valence-corrected chi connectivity index (χ0v) is 8.82. The van der Waals surface area contributed by atoms with Gasteiger partial charge in [-0.05, 0) is 12.8 Å². The molecule has 1 aromatic heterocycles. The van der Waals surface area contributed by atoms with E-state index in [-0.39, 0.29) is 12.4 Å². The zero-order chi connectivity index (χ0) is 10.7. The molecule has 0 spiro atoms. The van der Waals surface area contributed by atoms with Crippen molar-refractivity contribution in [3.05, 3.63) is 11.6 Å². The van der Waals surface area contributed by atoms with Crippen molar-refractivity contribution >= 4 is 5.97 Å². The van der Waals surface area contributed by atoms with Crippen molar-refractivity contribution in [1.29, 1.82) is 0 Å². The van der Waals surface area contributed by atoms with Gasteiger partial charge in [0.1, 0.15) is 12.2 Å². The zero-order valence-electron chi connectivity index (χ0n) is 8.82. The van der Waals surface area contributed by atoms with Gasteiger partial charge >= 0.3 is 5.97 Å². The van der Waals surface area contributed by atoms with Crippen LogP contribution < -0.4 is 0 Å². The summed E-state index contributed by atoms with van der Waals surface area (Å²) >= 11 is 0. The Morgan fingerprint density at radius 1 is 1.53 bits per heavy atom. The number of hydrogen-bond acceptors (Lipinski definition) is 4. The Labute approximate surface area is 88.2 Å². The fourth-order valence-electron chi connectivity index (χ4n) is 1.96. The number of carbonyl (C=O) groups is 1. The summed E-state index contributed by atoms with van der Waals surface area (Å²) in [6, 6.07) is 0. The molecule has 1 aliphatic rings. The second kappa shape index (κ2) is 4.42. The topological polar surface area (TPSA) is 67.9 Å². The van der Waals surface area contributed by atoms with Gasteiger partial charge in [0, 0.05) is 5.92 Å². The van der Waals surface area contributed by atoms with Crippen LogP contribution in [0.5, 0.6) is 0 Å². The van der Waals surface area contributed by atoms with E-state index in [9.17, 15) is 4.79 Å². The maximum atomic E-state index is 11.0. The monoisotopic (exact) mass is 209 g/mol. The second-order valence-electron chi connectivity index (χ2n) is 3.87. The van der Waals surface area contributed by atoms with Gasteiger partial charge in [-0.1, -0.05) is 12.8 Å². The molecule has 0 amide bonds. The molecule has 1 N–H and O–H groups in total. The molecule has 5 heteroatoms. The van der Waals surface area contributed by atoms with Gasteiger partial charge in [0.05, 0.1) is 7.11 Å². The minimum atomic E-state index is -0.288. The van der Waals surface area contributed by atoms with E-state index in [1.165, 1.54) is 20.0 Å². The van der Waals surface area contributed by atoms with Gasteiger partial charge in [0.25, 0.3) is 0 Å². The maximum Gasteiger partial charge on any atom is 0.313 e. The first-order valence-electron chi connectivity index (χ1n) is 5.27. The lowest BCUT2D eigenvalue weighted by Crippen LogP contribution is -2.06. The Morgan fingerprint density at radius 2 is 2.27 bits per heavy atom. The Morgan fingerprint density at radius 3 is 2.93 bits per heavy atom. The standard InChI is InChI=1S/C10H15N3O2/c1-15-9(14)6-8-11-10(13-12-8)7-4-2-3-5-7/h7H,2-6H2,1H3,(H,11,12,13). The summed E-state index contributed by atoms with van der Waals surface area (Å²) in [5, 5.41) is 6.93. The number of methoxy groups -OCH3 is 1. The first-order chi connectivity index (χ1) is 7.29. The van der Waals surface area contributed by atoms with Crippen molar-refractivity contribution in [1.82, 2.24) is 15.2 Å². The second-order valence-corrected chi connectivity index (χ2v) is 3.87. The third kappa shape index (κ3) is 2.34. The minimum absolute atomic E-state index is 0.177. The third-order valence-corrected chi connectivity index (χ3v) is 2.81. The Bertz CT molecular complexity index is 342. The Balaban J connectivity index is 2.00. The molecule has 15 heavy (non-hydrogen) atoms. The number of aromatic nitrogens is 3. The van der Waals surface area contributed by atoms with Crippen LogP contribution in [0.3, 0.4) is 0 Å². The molecule has 0 aromatic carbocycles. The van der Waals surface area contributed by atoms with Crippen LogP contribution in [-0.4, -0.2) is 28.3 Å². The number of esters is 1. The first-order valence-corrected chi connectivity index (χ1v) is 5.27. The number of H-pyrrole nitrogens is 1. The van der Waals surface area contributed by atoms with E-state index in [2.05, 4.69) is 19.9 Å². The molecule has 0 aliphatic heterocycles. The van der Waals surface area contributed by atoms with Crippen LogP contribution in [0, 0.1) is 0 Å². The molecule has 2 rings (SSSR count). The molecule has 1 saturated carbocycles. The van der Waals surface area contributed by atoms with Crippen molar-refractivity contribution in [2.75, 3.05) is 7.11 Å². The smallest absolute Gasteiger partial charge is 0.313 e. The Hall–Kier alpha value is -1.39. The number of carbonyl (C=O) groups excluding carboxylic acids is 1. The van der Waals surface area contributed by atoms with Crippen molar-refractivity contribution < 1.29 is 9.53 Å². The fourth-order valence-corrected chi connectivity index (χ4v) is 1.96. The van der Waals surface area contributed by atoms with E-state index in [0.29, 0.717) is 11.7 Å². The van der Waals surface area contributed by atoms with Gasteiger partial charge in [-0.25, -0.2) is 4.98 Å². The molecule has 1 aliphatic carbocycles. The first kappa shape index (κ1) is 10.1. The predicted molar refractivity (Wildman–Crippen MR) is 53.3 cm³/mol. The number of nitrogens with zero attached hydrogens (tertiary/aromatic N) is 2. The molecule has 0 unspecified atom stereocenters. The van der Waals surface area contributed by atoms with E-state index in [0.717, 1.165) is 18.7 Å². The lowest BCUT2D eigenvalue weighted by atomic mass is 10.1. The summed E-state index contributed by atoms with van der Waals surface area (Å²) in [7, 11) is 1.37. The molecule has 0 atom stereocenters. The highest BCUT2D eigenvalue weighted by Crippen LogP contribution is 2.31. The van der Waals surface area contributed by atoms with E-state index >= 15 is 0 Å². The van der Waals surface area contributed by atoms with E-state index < -0.39 is 0 Å². The summed E-state index contributed by atoms with van der Waals surface area (Å²) in [6.45, 7) is 0. The summed E-state index contributed by atoms with van der Waals surface area (Å²) in [6.07, 6.45) is 5.01. The van der Waals surface area contributed by atoms with Crippen LogP contribution in [-0.2, 0) is 16.0 Å². The van der Waals surface area contributed by atoms with Gasteiger partial charge in [0.2, 0.25) is 0 Å². The maximum absolute atomic E-state index is 11.0. The predicted octanol–water partition coefficient (Wildman–Crippen LogP) is 1.18. The summed E-state index contributed by atoms with van der Waals surface area (Å²) in [5.74, 6) is 1.65. The van der Waals surface area contributed by atoms with E-state index in [1.807, 2.05) is 0 Å². The third-order valence-electron chi connectivity index (χ3n) is 2.81. The number of nitrogens with one attached hydrogen (secondary N) is 1. The van der Waals surface area contributed by atoms with Gasteiger partial charge in [-0.3, -0.25) is 9.89 Å². The van der Waals surface area contributed by atoms with Gasteiger partial charge < -0.3 is 4.74 Å². The van der Waals surface area contributed by atoms with Crippen molar-refractivity contribution in [3.63, 3.8) is 0 Å². The molecule has 0 radical (unpaired) electrons. The highest BCUT2D eigenvalue weighted by Gasteiger charge is 2.21. The van der Waals surface area contributed by atoms with Crippen LogP contribution in [0.15, 0.2) is 0 Å². The largest absolute Gasteiger partial charge is 0.469 e. The molecule has 5 nitrogen and oxygen atoms in total. The molecular weight excluding hydrogens is 194 g/mol. The van der Waals surface area contributed by atoms with Crippen LogP contribution >= 0.6 is 0 Å². The molecule has 0 saturated heterocycles. The van der Waals surface area contributed by atoms with Crippen molar-refractivity contribution in [3.8, 4) is 0 Å². The SMILES string of the molecule is COC(=O)Cc1nc(C2CCCC2)n[nH]1. The van der Waals surface area contributed by atoms with Gasteiger partial charge in [0.15, 0.2) is 5.82 Å². The molecule has 1 aromatic rings. The van der Waals surface area contributed by atoms with Crippen molar-refractivity contribution in [2.24, 2.45) is 0 Å². The van der Waals surface area contributed by atoms with E-state index in [4.69, 9.17) is 0 Å². The summed E-state index contributed by atoms with van der Waals surface area (Å²) in [5.41, 5.74) is 0. The summed E-state index contributed by atoms with van der Waals surface area (Å²) < 4.78 is 4.56. The quantitative estimate of drug-likeness (QED) is 0.759. The van der Waals surface area contributed by atoms with Crippen LogP contribution in [0.4, 0.5) is 0 Å². The van der Waals surface area contributed by atoms with Gasteiger partial charge in [-0.15, -0.1) is 0 Å². The highest BCUT2D eigenvalue weighted by molar-refractivity contribution is 5.71. The van der Waals surface area contributed by atoms with Crippen LogP contribution in [0.25, 0.3) is 0 Å². The van der Waals surface area contributed by atoms with Gasteiger partial charge in [-0.2, -0.15) is 5.10 Å². The Kier molecular flexibility index (Phi) is 2.99. The summed E-state index contributed by atoms with van der Waals surface area (Å²) in [4.78, 5) is 15.3. The normalized spacial score (nSPS) is 16.9.